The Kier molecular flexibility index (Phi) is 4.65. The van der Waals surface area contributed by atoms with Gasteiger partial charge >= 0.3 is 0 Å². The highest BCUT2D eigenvalue weighted by Gasteiger charge is 2.24. The largest absolute Gasteiger partial charge is 0.382 e. The smallest absolute Gasteiger partial charge is 0.251 e. The Morgan fingerprint density at radius 2 is 1.90 bits per heavy atom. The predicted molar refractivity (Wildman–Crippen MR) is 81.2 cm³/mol. The van der Waals surface area contributed by atoms with Crippen LogP contribution >= 0.6 is 0 Å². The lowest BCUT2D eigenvalue weighted by atomic mass is 9.98. The van der Waals surface area contributed by atoms with Gasteiger partial charge in [0.2, 0.25) is 0 Å². The Hall–Kier alpha value is -1.55. The molecule has 1 aliphatic heterocycles. The number of amides is 1. The van der Waals surface area contributed by atoms with Crippen LogP contribution in [0.25, 0.3) is 0 Å². The number of anilines is 1. The van der Waals surface area contributed by atoms with E-state index in [2.05, 4.69) is 31.4 Å². The van der Waals surface area contributed by atoms with Crippen molar-refractivity contribution in [3.8, 4) is 0 Å². The number of carbonyl (C=O) groups is 1. The lowest BCUT2D eigenvalue weighted by molar-refractivity contribution is -0.0337. The van der Waals surface area contributed by atoms with E-state index in [4.69, 9.17) is 4.74 Å². The second-order valence-electron chi connectivity index (χ2n) is 5.68. The van der Waals surface area contributed by atoms with Gasteiger partial charge in [-0.05, 0) is 51.3 Å². The standard InChI is InChI=1S/C16H24N2O2/c1-10-5-6-13(16(19)17-4)9-15(10)18-14-7-11(2)20-12(3)8-14/h5-6,9,11-12,14,18H,7-8H2,1-4H3,(H,17,19). The first-order chi connectivity index (χ1) is 9.49. The van der Waals surface area contributed by atoms with E-state index >= 15 is 0 Å². The van der Waals surface area contributed by atoms with Gasteiger partial charge in [-0.25, -0.2) is 0 Å². The van der Waals surface area contributed by atoms with Gasteiger partial charge < -0.3 is 15.4 Å². The zero-order valence-corrected chi connectivity index (χ0v) is 12.7. The molecule has 1 aliphatic rings. The van der Waals surface area contributed by atoms with Gasteiger partial charge in [-0.2, -0.15) is 0 Å². The van der Waals surface area contributed by atoms with Crippen molar-refractivity contribution in [3.05, 3.63) is 29.3 Å². The van der Waals surface area contributed by atoms with Gasteiger partial charge in [-0.3, -0.25) is 4.79 Å². The molecule has 2 N–H and O–H groups in total. The number of hydrogen-bond donors (Lipinski definition) is 2. The summed E-state index contributed by atoms with van der Waals surface area (Å²) in [6, 6.07) is 6.17. The summed E-state index contributed by atoms with van der Waals surface area (Å²) in [4.78, 5) is 11.7. The Morgan fingerprint density at radius 1 is 1.25 bits per heavy atom. The Balaban J connectivity index is 2.13. The van der Waals surface area contributed by atoms with Crippen molar-refractivity contribution in [2.24, 2.45) is 0 Å². The highest BCUT2D eigenvalue weighted by Crippen LogP contribution is 2.25. The van der Waals surface area contributed by atoms with Gasteiger partial charge in [0, 0.05) is 24.3 Å². The number of aryl methyl sites for hydroxylation is 1. The molecule has 0 radical (unpaired) electrons. The molecule has 4 heteroatoms. The number of rotatable bonds is 3. The summed E-state index contributed by atoms with van der Waals surface area (Å²) in [6.45, 7) is 6.28. The maximum absolute atomic E-state index is 11.7. The molecular formula is C16H24N2O2. The minimum absolute atomic E-state index is 0.0539. The first kappa shape index (κ1) is 14.9. The molecule has 0 spiro atoms. The highest BCUT2D eigenvalue weighted by atomic mass is 16.5. The van der Waals surface area contributed by atoms with E-state index in [-0.39, 0.29) is 18.1 Å². The molecule has 1 aromatic rings. The molecule has 1 aromatic carbocycles. The molecule has 1 fully saturated rings. The van der Waals surface area contributed by atoms with Crippen LogP contribution in [0.2, 0.25) is 0 Å². The summed E-state index contributed by atoms with van der Waals surface area (Å²) in [5.41, 5.74) is 2.88. The maximum atomic E-state index is 11.7. The van der Waals surface area contributed by atoms with E-state index in [9.17, 15) is 4.79 Å². The highest BCUT2D eigenvalue weighted by molar-refractivity contribution is 5.95. The normalized spacial score (nSPS) is 26.1. The van der Waals surface area contributed by atoms with Crippen LogP contribution in [-0.2, 0) is 4.74 Å². The Bertz CT molecular complexity index is 477. The quantitative estimate of drug-likeness (QED) is 0.892. The van der Waals surface area contributed by atoms with Gasteiger partial charge in [0.05, 0.1) is 12.2 Å². The fraction of sp³-hybridized carbons (Fsp3) is 0.562. The summed E-state index contributed by atoms with van der Waals surface area (Å²) >= 11 is 0. The third-order valence-electron chi connectivity index (χ3n) is 3.78. The molecule has 0 aromatic heterocycles. The van der Waals surface area contributed by atoms with Crippen LogP contribution < -0.4 is 10.6 Å². The Labute approximate surface area is 120 Å². The molecule has 2 atom stereocenters. The number of carbonyl (C=O) groups excluding carboxylic acids is 1. The van der Waals surface area contributed by atoms with Gasteiger partial charge in [-0.15, -0.1) is 0 Å². The molecule has 20 heavy (non-hydrogen) atoms. The van der Waals surface area contributed by atoms with Crippen molar-refractivity contribution in [3.63, 3.8) is 0 Å². The topological polar surface area (TPSA) is 50.4 Å². The predicted octanol–water partition coefficient (Wildman–Crippen LogP) is 2.72. The van der Waals surface area contributed by atoms with Crippen LogP contribution in [0.15, 0.2) is 18.2 Å². The minimum Gasteiger partial charge on any atom is -0.382 e. The van der Waals surface area contributed by atoms with Crippen LogP contribution in [0.4, 0.5) is 5.69 Å². The zero-order chi connectivity index (χ0) is 14.7. The van der Waals surface area contributed by atoms with E-state index in [1.807, 2.05) is 18.2 Å². The molecule has 1 amide bonds. The van der Waals surface area contributed by atoms with E-state index < -0.39 is 0 Å². The first-order valence-electron chi connectivity index (χ1n) is 7.24. The van der Waals surface area contributed by atoms with E-state index in [0.29, 0.717) is 11.6 Å². The molecule has 110 valence electrons. The fourth-order valence-electron chi connectivity index (χ4n) is 2.81. The second kappa shape index (κ2) is 6.27. The number of ether oxygens (including phenoxy) is 1. The van der Waals surface area contributed by atoms with Gasteiger partial charge in [-0.1, -0.05) is 6.07 Å². The summed E-state index contributed by atoms with van der Waals surface area (Å²) in [5.74, 6) is -0.0539. The average molecular weight is 276 g/mol. The van der Waals surface area contributed by atoms with Crippen LogP contribution in [0.1, 0.15) is 42.6 Å². The van der Waals surface area contributed by atoms with Crippen molar-refractivity contribution in [1.82, 2.24) is 5.32 Å². The third-order valence-corrected chi connectivity index (χ3v) is 3.78. The average Bonchev–Trinajstić information content (AvgIpc) is 2.39. The van der Waals surface area contributed by atoms with E-state index in [0.717, 1.165) is 24.1 Å². The SMILES string of the molecule is CNC(=O)c1ccc(C)c(NC2CC(C)OC(C)C2)c1. The van der Waals surface area contributed by atoms with Crippen LogP contribution in [0.5, 0.6) is 0 Å². The molecule has 4 nitrogen and oxygen atoms in total. The van der Waals surface area contributed by atoms with Crippen LogP contribution in [0, 0.1) is 6.92 Å². The molecular weight excluding hydrogens is 252 g/mol. The molecule has 1 saturated heterocycles. The summed E-state index contributed by atoms with van der Waals surface area (Å²) < 4.78 is 5.76. The van der Waals surface area contributed by atoms with Gasteiger partial charge in [0.15, 0.2) is 0 Å². The number of hydrogen-bond acceptors (Lipinski definition) is 3. The number of benzene rings is 1. The summed E-state index contributed by atoms with van der Waals surface area (Å²) in [6.07, 6.45) is 2.54. The van der Waals surface area contributed by atoms with Gasteiger partial charge in [0.25, 0.3) is 5.91 Å². The van der Waals surface area contributed by atoms with Crippen molar-refractivity contribution in [1.29, 1.82) is 0 Å². The van der Waals surface area contributed by atoms with Crippen LogP contribution in [0.3, 0.4) is 0 Å². The zero-order valence-electron chi connectivity index (χ0n) is 12.7. The second-order valence-corrected chi connectivity index (χ2v) is 5.68. The molecule has 0 saturated carbocycles. The monoisotopic (exact) mass is 276 g/mol. The molecule has 0 bridgehead atoms. The summed E-state index contributed by atoms with van der Waals surface area (Å²) in [7, 11) is 1.65. The van der Waals surface area contributed by atoms with E-state index in [1.54, 1.807) is 7.05 Å². The lowest BCUT2D eigenvalue weighted by Gasteiger charge is -2.33. The molecule has 2 rings (SSSR count). The molecule has 0 aliphatic carbocycles. The summed E-state index contributed by atoms with van der Waals surface area (Å²) in [5, 5.41) is 6.23. The molecule has 2 unspecified atom stereocenters. The van der Waals surface area contributed by atoms with Crippen molar-refractivity contribution >= 4 is 11.6 Å². The molecule has 1 heterocycles. The third kappa shape index (κ3) is 3.51. The first-order valence-corrected chi connectivity index (χ1v) is 7.24. The van der Waals surface area contributed by atoms with Gasteiger partial charge in [0.1, 0.15) is 0 Å². The lowest BCUT2D eigenvalue weighted by Crippen LogP contribution is -2.37. The number of nitrogens with one attached hydrogen (secondary N) is 2. The van der Waals surface area contributed by atoms with Crippen LogP contribution in [-0.4, -0.2) is 31.2 Å². The maximum Gasteiger partial charge on any atom is 0.251 e. The minimum atomic E-state index is -0.0539. The van der Waals surface area contributed by atoms with E-state index in [1.165, 1.54) is 0 Å². The van der Waals surface area contributed by atoms with Crippen molar-refractivity contribution < 1.29 is 9.53 Å². The van der Waals surface area contributed by atoms with Crippen molar-refractivity contribution in [2.45, 2.75) is 51.9 Å². The Morgan fingerprint density at radius 3 is 2.50 bits per heavy atom. The fourth-order valence-corrected chi connectivity index (χ4v) is 2.81. The van der Waals surface area contributed by atoms with Crippen molar-refractivity contribution in [2.75, 3.05) is 12.4 Å².